The lowest BCUT2D eigenvalue weighted by molar-refractivity contribution is 0.0579. The molecule has 0 rings (SSSR count). The van der Waals surface area contributed by atoms with Crippen LogP contribution < -0.4 is 5.73 Å². The summed E-state index contributed by atoms with van der Waals surface area (Å²) in [6.45, 7) is 15.8. The molecule has 0 fully saturated rings. The maximum absolute atomic E-state index is 6.03. The highest BCUT2D eigenvalue weighted by Gasteiger charge is 2.48. The topological polar surface area (TPSA) is 81.4 Å². The van der Waals surface area contributed by atoms with Gasteiger partial charge in [-0.15, -0.1) is 0 Å². The third kappa shape index (κ3) is 9.38. The van der Waals surface area contributed by atoms with Crippen molar-refractivity contribution >= 4 is 17.6 Å². The van der Waals surface area contributed by atoms with Crippen LogP contribution >= 0.6 is 0 Å². The third-order valence-electron chi connectivity index (χ3n) is 3.84. The van der Waals surface area contributed by atoms with Crippen molar-refractivity contribution < 1.29 is 26.6 Å². The van der Waals surface area contributed by atoms with Crippen LogP contribution in [0.5, 0.6) is 0 Å². The van der Waals surface area contributed by atoms with Crippen molar-refractivity contribution in [3.63, 3.8) is 0 Å². The second-order valence-electron chi connectivity index (χ2n) is 5.82. The molecule has 0 aliphatic carbocycles. The Balaban J connectivity index is 5.47. The zero-order chi connectivity index (χ0) is 19.9. The van der Waals surface area contributed by atoms with Crippen LogP contribution in [0, 0.1) is 5.92 Å². The highest BCUT2D eigenvalue weighted by Crippen LogP contribution is 2.31. The molecule has 158 valence electrons. The zero-order valence-electron chi connectivity index (χ0n) is 17.7. The van der Waals surface area contributed by atoms with E-state index in [1.807, 2.05) is 41.5 Å². The van der Waals surface area contributed by atoms with Crippen LogP contribution in [0.25, 0.3) is 0 Å². The molecule has 0 aliphatic rings. The molecule has 2 N–H and O–H groups in total. The predicted molar refractivity (Wildman–Crippen MR) is 108 cm³/mol. The van der Waals surface area contributed by atoms with E-state index < -0.39 is 17.6 Å². The molecule has 0 bridgehead atoms. The minimum absolute atomic E-state index is 0.202. The number of nitrogens with two attached hydrogens (primary N) is 1. The van der Waals surface area contributed by atoms with Gasteiger partial charge in [0.2, 0.25) is 0 Å². The van der Waals surface area contributed by atoms with Crippen LogP contribution in [0.15, 0.2) is 0 Å². The second kappa shape index (κ2) is 15.1. The van der Waals surface area contributed by atoms with E-state index in [-0.39, 0.29) is 5.92 Å². The molecule has 0 amide bonds. The Morgan fingerprint density at radius 3 is 1.04 bits per heavy atom. The van der Waals surface area contributed by atoms with Gasteiger partial charge >= 0.3 is 17.6 Å². The van der Waals surface area contributed by atoms with Crippen LogP contribution in [0.1, 0.15) is 48.0 Å². The van der Waals surface area contributed by atoms with E-state index in [0.29, 0.717) is 58.3 Å². The third-order valence-corrected chi connectivity index (χ3v) is 10.4. The second-order valence-corrected chi connectivity index (χ2v) is 11.1. The normalized spacial score (nSPS) is 12.9. The molecule has 0 radical (unpaired) electrons. The van der Waals surface area contributed by atoms with Crippen LogP contribution in [-0.4, -0.2) is 63.8 Å². The Morgan fingerprint density at radius 1 is 0.577 bits per heavy atom. The Bertz CT molecular complexity index is 276. The molecular formula is C17H41NO6Si2. The lowest BCUT2D eigenvalue weighted by Gasteiger charge is -2.35. The first kappa shape index (κ1) is 26.2. The molecule has 0 aliphatic heterocycles. The monoisotopic (exact) mass is 411 g/mol. The molecular weight excluding hydrogens is 370 g/mol. The van der Waals surface area contributed by atoms with Gasteiger partial charge in [-0.25, -0.2) is 0 Å². The maximum atomic E-state index is 6.03. The fourth-order valence-electron chi connectivity index (χ4n) is 3.14. The minimum Gasteiger partial charge on any atom is -0.374 e. The van der Waals surface area contributed by atoms with Gasteiger partial charge in [-0.2, -0.15) is 0 Å². The van der Waals surface area contributed by atoms with Gasteiger partial charge in [0.05, 0.1) is 0 Å². The lowest BCUT2D eigenvalue weighted by Crippen LogP contribution is -2.51. The van der Waals surface area contributed by atoms with Gasteiger partial charge in [0.25, 0.3) is 0 Å². The molecule has 0 spiro atoms. The van der Waals surface area contributed by atoms with Crippen LogP contribution in [0.4, 0.5) is 0 Å². The number of rotatable bonds is 18. The van der Waals surface area contributed by atoms with Crippen molar-refractivity contribution in [3.05, 3.63) is 0 Å². The van der Waals surface area contributed by atoms with Gasteiger partial charge in [0.15, 0.2) is 0 Å². The molecule has 0 saturated carbocycles. The number of hydrogen-bond acceptors (Lipinski definition) is 7. The summed E-state index contributed by atoms with van der Waals surface area (Å²) in [5.41, 5.74) is 5.90. The average Bonchev–Trinajstić information content (AvgIpc) is 2.56. The SMILES string of the molecule is CCO[Si](CC(CCN)C[Si](OCC)(OCC)OCC)(OCC)OCC. The molecule has 0 aromatic rings. The smallest absolute Gasteiger partial charge is 0.374 e. The summed E-state index contributed by atoms with van der Waals surface area (Å²) in [5.74, 6) is 0.202. The van der Waals surface area contributed by atoms with E-state index in [0.717, 1.165) is 6.42 Å². The summed E-state index contributed by atoms with van der Waals surface area (Å²) in [4.78, 5) is 0. The summed E-state index contributed by atoms with van der Waals surface area (Å²) in [5, 5.41) is 0. The van der Waals surface area contributed by atoms with E-state index in [1.54, 1.807) is 0 Å². The zero-order valence-corrected chi connectivity index (χ0v) is 19.7. The van der Waals surface area contributed by atoms with E-state index >= 15 is 0 Å². The van der Waals surface area contributed by atoms with Crippen LogP contribution in [0.2, 0.25) is 12.1 Å². The lowest BCUT2D eigenvalue weighted by atomic mass is 10.1. The maximum Gasteiger partial charge on any atom is 0.501 e. The molecule has 26 heavy (non-hydrogen) atoms. The van der Waals surface area contributed by atoms with Crippen LogP contribution in [0.3, 0.4) is 0 Å². The van der Waals surface area contributed by atoms with Crippen LogP contribution in [-0.2, 0) is 26.6 Å². The Hall–Kier alpha value is 0.154. The number of hydrogen-bond donors (Lipinski definition) is 1. The quantitative estimate of drug-likeness (QED) is 0.347. The fraction of sp³-hybridized carbons (Fsp3) is 1.00. The molecule has 0 atom stereocenters. The summed E-state index contributed by atoms with van der Waals surface area (Å²) >= 11 is 0. The summed E-state index contributed by atoms with van der Waals surface area (Å²) in [6.07, 6.45) is 0.823. The Kier molecular flexibility index (Phi) is 15.2. The van der Waals surface area contributed by atoms with Crippen molar-refractivity contribution in [3.8, 4) is 0 Å². The van der Waals surface area contributed by atoms with E-state index in [9.17, 15) is 0 Å². The molecule has 0 aromatic carbocycles. The Labute approximate surface area is 162 Å². The summed E-state index contributed by atoms with van der Waals surface area (Å²) in [7, 11) is -5.53. The van der Waals surface area contributed by atoms with E-state index in [2.05, 4.69) is 0 Å². The van der Waals surface area contributed by atoms with Gasteiger partial charge < -0.3 is 32.3 Å². The van der Waals surface area contributed by atoms with Crippen molar-refractivity contribution in [2.24, 2.45) is 11.7 Å². The van der Waals surface area contributed by atoms with Crippen molar-refractivity contribution in [2.75, 3.05) is 46.2 Å². The van der Waals surface area contributed by atoms with E-state index in [1.165, 1.54) is 0 Å². The predicted octanol–water partition coefficient (Wildman–Crippen LogP) is 3.05. The van der Waals surface area contributed by atoms with Crippen molar-refractivity contribution in [1.82, 2.24) is 0 Å². The molecule has 0 aromatic heterocycles. The van der Waals surface area contributed by atoms with Gasteiger partial charge in [0, 0.05) is 51.7 Å². The highest BCUT2D eigenvalue weighted by atomic mass is 28.4. The summed E-state index contributed by atoms with van der Waals surface area (Å²) < 4.78 is 36.2. The molecule has 9 heteroatoms. The highest BCUT2D eigenvalue weighted by molar-refractivity contribution is 6.62. The first-order valence-corrected chi connectivity index (χ1v) is 13.9. The first-order valence-electron chi connectivity index (χ1n) is 10.0. The van der Waals surface area contributed by atoms with Gasteiger partial charge in [-0.1, -0.05) is 0 Å². The first-order chi connectivity index (χ1) is 12.5. The average molecular weight is 412 g/mol. The standard InChI is InChI=1S/C17H41NO6Si2/c1-7-19-25(20-8-2,21-9-3)15-17(13-14-18)16-26(22-10-4,23-11-5)24-12-6/h17H,7-16,18H2,1-6H3. The largest absolute Gasteiger partial charge is 0.501 e. The van der Waals surface area contributed by atoms with Gasteiger partial charge in [0.1, 0.15) is 0 Å². The molecule has 0 heterocycles. The van der Waals surface area contributed by atoms with E-state index in [4.69, 9.17) is 32.3 Å². The van der Waals surface area contributed by atoms with Crippen molar-refractivity contribution in [1.29, 1.82) is 0 Å². The van der Waals surface area contributed by atoms with Gasteiger partial charge in [-0.05, 0) is 60.4 Å². The minimum atomic E-state index is -2.76. The van der Waals surface area contributed by atoms with Gasteiger partial charge in [-0.3, -0.25) is 0 Å². The summed E-state index contributed by atoms with van der Waals surface area (Å²) in [6, 6.07) is 1.39. The Morgan fingerprint density at radius 2 is 0.846 bits per heavy atom. The molecule has 0 saturated heterocycles. The molecule has 0 unspecified atom stereocenters. The van der Waals surface area contributed by atoms with Crippen molar-refractivity contribution in [2.45, 2.75) is 60.1 Å². The fourth-order valence-corrected chi connectivity index (χ4v) is 9.39. The molecule has 7 nitrogen and oxygen atoms in total.